The summed E-state index contributed by atoms with van der Waals surface area (Å²) in [6.07, 6.45) is -12.0. The second-order valence-corrected chi connectivity index (χ2v) is 4.69. The van der Waals surface area contributed by atoms with Crippen molar-refractivity contribution < 1.29 is 43.5 Å². The lowest BCUT2D eigenvalue weighted by Crippen LogP contribution is -2.61. The van der Waals surface area contributed by atoms with Gasteiger partial charge in [-0.3, -0.25) is 0 Å². The number of hydrogen-bond acceptors (Lipinski definition) is 6. The predicted molar refractivity (Wildman–Crippen MR) is 66.3 cm³/mol. The smallest absolute Gasteiger partial charge is 0.335 e. The van der Waals surface area contributed by atoms with E-state index in [0.29, 0.717) is 0 Å². The van der Waals surface area contributed by atoms with Crippen LogP contribution in [0.25, 0.3) is 0 Å². The standard InChI is InChI=1S/C13H14F2O7/c14-11(15)5-3-1-2-4-6(5)21-13-9(18)7(16)8(17)10(22-13)12(19)20/h1-4,7-11,13,16-18H,(H,19,20)/t7-,8-,9+,10-,13?/m0/s1. The minimum Gasteiger partial charge on any atom is -0.479 e. The molecule has 7 nitrogen and oxygen atoms in total. The maximum Gasteiger partial charge on any atom is 0.335 e. The lowest BCUT2D eigenvalue weighted by molar-refractivity contribution is -0.271. The van der Waals surface area contributed by atoms with Gasteiger partial charge in [-0.05, 0) is 12.1 Å². The molecule has 1 saturated heterocycles. The summed E-state index contributed by atoms with van der Waals surface area (Å²) in [5, 5.41) is 37.8. The van der Waals surface area contributed by atoms with Crippen LogP contribution >= 0.6 is 0 Å². The number of carbonyl (C=O) groups is 1. The zero-order chi connectivity index (χ0) is 16.4. The molecule has 0 aliphatic carbocycles. The van der Waals surface area contributed by atoms with E-state index in [0.717, 1.165) is 6.07 Å². The van der Waals surface area contributed by atoms with Crippen molar-refractivity contribution in [2.24, 2.45) is 0 Å². The maximum absolute atomic E-state index is 12.9. The normalized spacial score (nSPS) is 32.0. The second-order valence-electron chi connectivity index (χ2n) is 4.69. The fourth-order valence-corrected chi connectivity index (χ4v) is 2.04. The Hall–Kier alpha value is -1.81. The van der Waals surface area contributed by atoms with Crippen LogP contribution in [0, 0.1) is 0 Å². The fourth-order valence-electron chi connectivity index (χ4n) is 2.04. The number of halogens is 2. The molecule has 4 N–H and O–H groups in total. The molecule has 1 aromatic rings. The highest BCUT2D eigenvalue weighted by atomic mass is 19.3. The van der Waals surface area contributed by atoms with E-state index in [-0.39, 0.29) is 5.75 Å². The Morgan fingerprint density at radius 2 is 1.77 bits per heavy atom. The monoisotopic (exact) mass is 320 g/mol. The molecule has 22 heavy (non-hydrogen) atoms. The Morgan fingerprint density at radius 3 is 2.36 bits per heavy atom. The summed E-state index contributed by atoms with van der Waals surface area (Å²) in [6, 6.07) is 5.03. The Kier molecular flexibility index (Phi) is 4.91. The van der Waals surface area contributed by atoms with Crippen LogP contribution in [0.1, 0.15) is 12.0 Å². The molecule has 1 fully saturated rings. The molecule has 0 radical (unpaired) electrons. The summed E-state index contributed by atoms with van der Waals surface area (Å²) in [4.78, 5) is 10.9. The molecular weight excluding hydrogens is 306 g/mol. The third-order valence-corrected chi connectivity index (χ3v) is 3.21. The zero-order valence-corrected chi connectivity index (χ0v) is 11.0. The van der Waals surface area contributed by atoms with Crippen LogP contribution in [0.15, 0.2) is 24.3 Å². The molecule has 1 unspecified atom stereocenters. The largest absolute Gasteiger partial charge is 0.479 e. The Bertz CT molecular complexity index is 539. The molecule has 1 aliphatic heterocycles. The number of rotatable bonds is 4. The van der Waals surface area contributed by atoms with Crippen LogP contribution in [0.4, 0.5) is 8.78 Å². The average molecular weight is 320 g/mol. The van der Waals surface area contributed by atoms with Gasteiger partial charge in [0.25, 0.3) is 6.43 Å². The van der Waals surface area contributed by atoms with Crippen molar-refractivity contribution in [1.29, 1.82) is 0 Å². The van der Waals surface area contributed by atoms with Gasteiger partial charge in [-0.15, -0.1) is 0 Å². The maximum atomic E-state index is 12.9. The van der Waals surface area contributed by atoms with Crippen molar-refractivity contribution in [3.8, 4) is 5.75 Å². The van der Waals surface area contributed by atoms with Gasteiger partial charge in [0.2, 0.25) is 6.29 Å². The van der Waals surface area contributed by atoms with Crippen molar-refractivity contribution in [1.82, 2.24) is 0 Å². The Labute approximate surface area is 123 Å². The van der Waals surface area contributed by atoms with E-state index < -0.39 is 48.7 Å². The van der Waals surface area contributed by atoms with Crippen molar-refractivity contribution >= 4 is 5.97 Å². The lowest BCUT2D eigenvalue weighted by Gasteiger charge is -2.38. The van der Waals surface area contributed by atoms with Gasteiger partial charge in [0.05, 0.1) is 5.56 Å². The number of para-hydroxylation sites is 1. The topological polar surface area (TPSA) is 116 Å². The van der Waals surface area contributed by atoms with Gasteiger partial charge >= 0.3 is 5.97 Å². The highest BCUT2D eigenvalue weighted by Crippen LogP contribution is 2.31. The second kappa shape index (κ2) is 6.53. The molecule has 0 bridgehead atoms. The number of aliphatic hydroxyl groups is 3. The van der Waals surface area contributed by atoms with Gasteiger partial charge in [0.15, 0.2) is 6.10 Å². The average Bonchev–Trinajstić information content (AvgIpc) is 2.47. The highest BCUT2D eigenvalue weighted by molar-refractivity contribution is 5.73. The molecule has 0 saturated carbocycles. The van der Waals surface area contributed by atoms with Gasteiger partial charge in [-0.25, -0.2) is 13.6 Å². The Balaban J connectivity index is 2.23. The van der Waals surface area contributed by atoms with Gasteiger partial charge in [-0.1, -0.05) is 12.1 Å². The molecular formula is C13H14F2O7. The number of ether oxygens (including phenoxy) is 2. The summed E-state index contributed by atoms with van der Waals surface area (Å²) in [6.45, 7) is 0. The summed E-state index contributed by atoms with van der Waals surface area (Å²) in [5.41, 5.74) is -0.481. The van der Waals surface area contributed by atoms with E-state index in [1.54, 1.807) is 0 Å². The molecule has 9 heteroatoms. The van der Waals surface area contributed by atoms with Crippen molar-refractivity contribution in [3.05, 3.63) is 29.8 Å². The van der Waals surface area contributed by atoms with Gasteiger partial charge < -0.3 is 29.9 Å². The van der Waals surface area contributed by atoms with Gasteiger partial charge in [0.1, 0.15) is 24.1 Å². The number of carboxylic acid groups (broad SMARTS) is 1. The van der Waals surface area contributed by atoms with Gasteiger partial charge in [0, 0.05) is 0 Å². The molecule has 1 aliphatic rings. The first-order valence-electron chi connectivity index (χ1n) is 6.29. The van der Waals surface area contributed by atoms with E-state index in [9.17, 15) is 28.9 Å². The zero-order valence-electron chi connectivity index (χ0n) is 11.0. The quantitative estimate of drug-likeness (QED) is 0.612. The molecule has 0 spiro atoms. The van der Waals surface area contributed by atoms with Crippen LogP contribution in [0.3, 0.4) is 0 Å². The van der Waals surface area contributed by atoms with E-state index in [1.807, 2.05) is 0 Å². The van der Waals surface area contributed by atoms with Crippen molar-refractivity contribution in [2.75, 3.05) is 0 Å². The number of alkyl halides is 2. The predicted octanol–water partition coefficient (Wildman–Crippen LogP) is -0.105. The van der Waals surface area contributed by atoms with Crippen LogP contribution < -0.4 is 4.74 Å². The summed E-state index contributed by atoms with van der Waals surface area (Å²) < 4.78 is 35.6. The van der Waals surface area contributed by atoms with E-state index in [1.165, 1.54) is 18.2 Å². The van der Waals surface area contributed by atoms with Crippen molar-refractivity contribution in [3.63, 3.8) is 0 Å². The van der Waals surface area contributed by atoms with E-state index in [4.69, 9.17) is 14.6 Å². The first kappa shape index (κ1) is 16.6. The van der Waals surface area contributed by atoms with Gasteiger partial charge in [-0.2, -0.15) is 0 Å². The summed E-state index contributed by atoms with van der Waals surface area (Å²) in [7, 11) is 0. The van der Waals surface area contributed by atoms with Crippen LogP contribution in [-0.2, 0) is 9.53 Å². The minimum atomic E-state index is -2.86. The number of hydrogen-bond donors (Lipinski definition) is 4. The lowest BCUT2D eigenvalue weighted by atomic mass is 9.99. The van der Waals surface area contributed by atoms with Crippen LogP contribution in [-0.4, -0.2) is 57.1 Å². The number of aliphatic carboxylic acids is 1. The first-order valence-corrected chi connectivity index (χ1v) is 6.29. The van der Waals surface area contributed by atoms with Crippen molar-refractivity contribution in [2.45, 2.75) is 37.1 Å². The summed E-state index contributed by atoms with van der Waals surface area (Å²) in [5.74, 6) is -1.91. The summed E-state index contributed by atoms with van der Waals surface area (Å²) >= 11 is 0. The highest BCUT2D eigenvalue weighted by Gasteiger charge is 2.48. The molecule has 1 aromatic carbocycles. The number of carboxylic acids is 1. The van der Waals surface area contributed by atoms with Crippen LogP contribution in [0.2, 0.25) is 0 Å². The van der Waals surface area contributed by atoms with Crippen LogP contribution in [0.5, 0.6) is 5.75 Å². The first-order chi connectivity index (χ1) is 10.3. The number of aliphatic hydroxyl groups excluding tert-OH is 3. The van der Waals surface area contributed by atoms with E-state index in [2.05, 4.69) is 0 Å². The third kappa shape index (κ3) is 3.17. The SMILES string of the molecule is O=C(O)[C@H]1OC(Oc2ccccc2C(F)F)[C@H](O)[C@@H](O)[C@@H]1O. The van der Waals surface area contributed by atoms with E-state index >= 15 is 0 Å². The molecule has 5 atom stereocenters. The Morgan fingerprint density at radius 1 is 1.14 bits per heavy atom. The number of benzene rings is 1. The third-order valence-electron chi connectivity index (χ3n) is 3.21. The molecule has 0 amide bonds. The minimum absolute atomic E-state index is 0.325. The fraction of sp³-hybridized carbons (Fsp3) is 0.462. The molecule has 122 valence electrons. The molecule has 0 aromatic heterocycles. The molecule has 1 heterocycles. The molecule has 2 rings (SSSR count).